The fraction of sp³-hybridized carbons (Fsp3) is 0.429. The maximum Gasteiger partial charge on any atom is 0.224 e. The van der Waals surface area contributed by atoms with Crippen LogP contribution in [-0.4, -0.2) is 23.6 Å². The molecule has 0 unspecified atom stereocenters. The van der Waals surface area contributed by atoms with Crippen molar-refractivity contribution >= 4 is 46.4 Å². The Morgan fingerprint density at radius 1 is 0.500 bits per heavy atom. The van der Waals surface area contributed by atoms with Crippen molar-refractivity contribution in [2.24, 2.45) is 0 Å². The highest BCUT2D eigenvalue weighted by Gasteiger charge is 2.10. The van der Waals surface area contributed by atoms with Gasteiger partial charge in [0.05, 0.1) is 0 Å². The van der Waals surface area contributed by atoms with Crippen molar-refractivity contribution in [1.29, 1.82) is 0 Å². The molecule has 4 amide bonds. The molecule has 0 aliphatic heterocycles. The lowest BCUT2D eigenvalue weighted by Crippen LogP contribution is -2.18. The Morgan fingerprint density at radius 3 is 1.11 bits per heavy atom. The molecular formula is C28H38N4O4. The molecule has 0 bridgehead atoms. The summed E-state index contributed by atoms with van der Waals surface area (Å²) in [7, 11) is 0. The van der Waals surface area contributed by atoms with E-state index in [1.165, 1.54) is 0 Å². The van der Waals surface area contributed by atoms with Gasteiger partial charge in [0.1, 0.15) is 0 Å². The Hall–Kier alpha value is -3.68. The zero-order chi connectivity index (χ0) is 26.2. The summed E-state index contributed by atoms with van der Waals surface area (Å²) in [6.07, 6.45) is 6.77. The standard InChI is InChI=1S/C28H38N4O4/c1-3-5-7-15-25(33)29-21-11-9-13-23(19-21)31-27(35)17-18-28(36)32-24-14-10-12-22(20-24)30-26(34)16-8-6-4-2/h9-14,19-20H,3-8,15-18H2,1-2H3,(H,29,33)(H,30,34)(H,31,35)(H,32,36). The van der Waals surface area contributed by atoms with Crippen molar-refractivity contribution in [3.63, 3.8) is 0 Å². The number of nitrogens with one attached hydrogen (secondary N) is 4. The fourth-order valence-corrected chi connectivity index (χ4v) is 3.54. The van der Waals surface area contributed by atoms with E-state index >= 15 is 0 Å². The molecule has 2 rings (SSSR count). The second kappa shape index (κ2) is 16.1. The molecule has 36 heavy (non-hydrogen) atoms. The first-order valence-corrected chi connectivity index (χ1v) is 12.8. The van der Waals surface area contributed by atoms with Crippen LogP contribution in [0, 0.1) is 0 Å². The molecular weight excluding hydrogens is 456 g/mol. The van der Waals surface area contributed by atoms with Gasteiger partial charge >= 0.3 is 0 Å². The zero-order valence-electron chi connectivity index (χ0n) is 21.3. The summed E-state index contributed by atoms with van der Waals surface area (Å²) >= 11 is 0. The Bertz CT molecular complexity index is 941. The summed E-state index contributed by atoms with van der Waals surface area (Å²) < 4.78 is 0. The van der Waals surface area contributed by atoms with Crippen LogP contribution in [0.15, 0.2) is 48.5 Å². The van der Waals surface area contributed by atoms with E-state index in [4.69, 9.17) is 0 Å². The molecule has 4 N–H and O–H groups in total. The summed E-state index contributed by atoms with van der Waals surface area (Å²) in [5, 5.41) is 11.2. The molecule has 8 nitrogen and oxygen atoms in total. The molecule has 2 aromatic carbocycles. The van der Waals surface area contributed by atoms with E-state index in [-0.39, 0.29) is 36.5 Å². The van der Waals surface area contributed by atoms with Gasteiger partial charge in [-0.3, -0.25) is 19.2 Å². The second-order valence-corrected chi connectivity index (χ2v) is 8.77. The third kappa shape index (κ3) is 11.6. The van der Waals surface area contributed by atoms with Gasteiger partial charge in [-0.25, -0.2) is 0 Å². The number of carbonyl (C=O) groups is 4. The normalized spacial score (nSPS) is 10.4. The lowest BCUT2D eigenvalue weighted by atomic mass is 10.2. The minimum absolute atomic E-state index is 0.00724. The summed E-state index contributed by atoms with van der Waals surface area (Å²) in [6.45, 7) is 4.17. The Labute approximate surface area is 213 Å². The molecule has 0 fully saturated rings. The van der Waals surface area contributed by atoms with E-state index in [9.17, 15) is 19.2 Å². The first-order chi connectivity index (χ1) is 17.4. The van der Waals surface area contributed by atoms with Crippen LogP contribution in [0.1, 0.15) is 78.1 Å². The van der Waals surface area contributed by atoms with Gasteiger partial charge < -0.3 is 21.3 Å². The van der Waals surface area contributed by atoms with Gasteiger partial charge in [0, 0.05) is 48.4 Å². The Morgan fingerprint density at radius 2 is 0.806 bits per heavy atom. The highest BCUT2D eigenvalue weighted by atomic mass is 16.2. The van der Waals surface area contributed by atoms with E-state index < -0.39 is 0 Å². The van der Waals surface area contributed by atoms with Crippen LogP contribution in [0.5, 0.6) is 0 Å². The van der Waals surface area contributed by atoms with Gasteiger partial charge in [-0.1, -0.05) is 51.7 Å². The number of hydrogen-bond donors (Lipinski definition) is 4. The van der Waals surface area contributed by atoms with Gasteiger partial charge in [0.15, 0.2) is 0 Å². The number of hydrogen-bond acceptors (Lipinski definition) is 4. The number of rotatable bonds is 15. The highest BCUT2D eigenvalue weighted by Crippen LogP contribution is 2.18. The molecule has 0 atom stereocenters. The lowest BCUT2D eigenvalue weighted by Gasteiger charge is -2.10. The van der Waals surface area contributed by atoms with Crippen LogP contribution < -0.4 is 21.3 Å². The number of benzene rings is 2. The van der Waals surface area contributed by atoms with Crippen LogP contribution in [0.2, 0.25) is 0 Å². The monoisotopic (exact) mass is 494 g/mol. The van der Waals surface area contributed by atoms with E-state index in [0.29, 0.717) is 35.6 Å². The summed E-state index contributed by atoms with van der Waals surface area (Å²) in [5.74, 6) is -0.707. The molecule has 0 heterocycles. The fourth-order valence-electron chi connectivity index (χ4n) is 3.54. The van der Waals surface area contributed by atoms with Crippen LogP contribution in [0.3, 0.4) is 0 Å². The maximum absolute atomic E-state index is 12.3. The minimum atomic E-state index is -0.301. The average molecular weight is 495 g/mol. The van der Waals surface area contributed by atoms with Crippen LogP contribution in [-0.2, 0) is 19.2 Å². The first-order valence-electron chi connectivity index (χ1n) is 12.8. The van der Waals surface area contributed by atoms with Crippen molar-refractivity contribution < 1.29 is 19.2 Å². The number of amides is 4. The third-order valence-corrected chi connectivity index (χ3v) is 5.45. The van der Waals surface area contributed by atoms with Crippen molar-refractivity contribution in [1.82, 2.24) is 0 Å². The highest BCUT2D eigenvalue weighted by molar-refractivity contribution is 5.98. The van der Waals surface area contributed by atoms with Crippen molar-refractivity contribution in [2.75, 3.05) is 21.3 Å². The van der Waals surface area contributed by atoms with Crippen molar-refractivity contribution in [3.8, 4) is 0 Å². The van der Waals surface area contributed by atoms with E-state index in [1.807, 2.05) is 0 Å². The molecule has 2 aromatic rings. The topological polar surface area (TPSA) is 116 Å². The SMILES string of the molecule is CCCCCC(=O)Nc1cccc(NC(=O)CCC(=O)Nc2cccc(NC(=O)CCCCC)c2)c1. The molecule has 0 aromatic heterocycles. The number of anilines is 4. The molecule has 0 saturated carbocycles. The van der Waals surface area contributed by atoms with E-state index in [1.54, 1.807) is 48.5 Å². The quantitative estimate of drug-likeness (QED) is 0.224. The lowest BCUT2D eigenvalue weighted by molar-refractivity contribution is -0.121. The predicted octanol–water partition coefficient (Wildman–Crippen LogP) is 6.08. The third-order valence-electron chi connectivity index (χ3n) is 5.45. The summed E-state index contributed by atoms with van der Waals surface area (Å²) in [6, 6.07) is 13.9. The van der Waals surface area contributed by atoms with Crippen LogP contribution >= 0.6 is 0 Å². The van der Waals surface area contributed by atoms with E-state index in [2.05, 4.69) is 35.1 Å². The Kier molecular flexibility index (Phi) is 12.8. The summed E-state index contributed by atoms with van der Waals surface area (Å²) in [5.41, 5.74) is 2.33. The first kappa shape index (κ1) is 28.6. The van der Waals surface area contributed by atoms with Gasteiger partial charge in [-0.2, -0.15) is 0 Å². The van der Waals surface area contributed by atoms with Crippen molar-refractivity contribution in [2.45, 2.75) is 78.1 Å². The van der Waals surface area contributed by atoms with Gasteiger partial charge in [0.2, 0.25) is 23.6 Å². The second-order valence-electron chi connectivity index (χ2n) is 8.77. The average Bonchev–Trinajstić information content (AvgIpc) is 2.83. The Balaban J connectivity index is 1.77. The van der Waals surface area contributed by atoms with Gasteiger partial charge in [-0.15, -0.1) is 0 Å². The minimum Gasteiger partial charge on any atom is -0.326 e. The number of carbonyl (C=O) groups excluding carboxylic acids is 4. The molecule has 0 spiro atoms. The maximum atomic E-state index is 12.3. The summed E-state index contributed by atoms with van der Waals surface area (Å²) in [4.78, 5) is 48.7. The molecule has 194 valence electrons. The molecule has 0 aliphatic carbocycles. The van der Waals surface area contributed by atoms with Crippen molar-refractivity contribution in [3.05, 3.63) is 48.5 Å². The van der Waals surface area contributed by atoms with Crippen LogP contribution in [0.4, 0.5) is 22.7 Å². The van der Waals surface area contributed by atoms with Crippen LogP contribution in [0.25, 0.3) is 0 Å². The van der Waals surface area contributed by atoms with Gasteiger partial charge in [0.25, 0.3) is 0 Å². The smallest absolute Gasteiger partial charge is 0.224 e. The molecule has 0 radical (unpaired) electrons. The molecule has 0 saturated heterocycles. The number of unbranched alkanes of at least 4 members (excludes halogenated alkanes) is 4. The molecule has 0 aliphatic rings. The van der Waals surface area contributed by atoms with E-state index in [0.717, 1.165) is 38.5 Å². The largest absolute Gasteiger partial charge is 0.326 e. The van der Waals surface area contributed by atoms with Gasteiger partial charge in [-0.05, 0) is 49.2 Å². The molecule has 8 heteroatoms. The zero-order valence-corrected chi connectivity index (χ0v) is 21.3. The predicted molar refractivity (Wildman–Crippen MR) is 145 cm³/mol.